The summed E-state index contributed by atoms with van der Waals surface area (Å²) in [5.41, 5.74) is 5.90. The first-order chi connectivity index (χ1) is 8.93. The van der Waals surface area contributed by atoms with Gasteiger partial charge in [0.25, 0.3) is 0 Å². The number of amides is 1. The molecular formula is C14H25N3OS. The lowest BCUT2D eigenvalue weighted by Crippen LogP contribution is -2.44. The third-order valence-electron chi connectivity index (χ3n) is 3.13. The summed E-state index contributed by atoms with van der Waals surface area (Å²) in [5, 5.41) is 4.84. The van der Waals surface area contributed by atoms with Crippen molar-refractivity contribution in [3.8, 4) is 0 Å². The standard InChI is InChI=1S/C14H25N3OS/c1-10(2)17(11(3)4)8-7-16-14(18)13(15)12-6-5-9-19-12/h5-6,9-11,13H,7-8,15H2,1-4H3,(H,16,18). The second-order valence-corrected chi connectivity index (χ2v) is 6.19. The highest BCUT2D eigenvalue weighted by Gasteiger charge is 2.17. The van der Waals surface area contributed by atoms with E-state index in [1.165, 1.54) is 11.3 Å². The van der Waals surface area contributed by atoms with E-state index in [2.05, 4.69) is 37.9 Å². The molecule has 1 heterocycles. The zero-order chi connectivity index (χ0) is 14.4. The van der Waals surface area contributed by atoms with E-state index in [1.54, 1.807) is 0 Å². The number of nitrogens with one attached hydrogen (secondary N) is 1. The number of nitrogens with zero attached hydrogens (tertiary/aromatic N) is 1. The Balaban J connectivity index is 2.38. The summed E-state index contributed by atoms with van der Waals surface area (Å²) in [4.78, 5) is 15.2. The zero-order valence-corrected chi connectivity index (χ0v) is 13.0. The van der Waals surface area contributed by atoms with Crippen molar-refractivity contribution in [2.24, 2.45) is 5.73 Å². The Hall–Kier alpha value is -0.910. The molecule has 1 atom stereocenters. The Bertz CT molecular complexity index is 368. The van der Waals surface area contributed by atoms with Crippen molar-refractivity contribution >= 4 is 17.2 Å². The van der Waals surface area contributed by atoms with Gasteiger partial charge in [0.2, 0.25) is 5.91 Å². The van der Waals surface area contributed by atoms with Gasteiger partial charge in [0, 0.05) is 30.1 Å². The molecule has 0 saturated carbocycles. The van der Waals surface area contributed by atoms with Gasteiger partial charge in [0.05, 0.1) is 0 Å². The molecule has 19 heavy (non-hydrogen) atoms. The van der Waals surface area contributed by atoms with E-state index in [9.17, 15) is 4.79 Å². The number of rotatable bonds is 7. The molecule has 0 aliphatic carbocycles. The molecule has 0 spiro atoms. The van der Waals surface area contributed by atoms with Crippen LogP contribution in [0.1, 0.15) is 38.6 Å². The van der Waals surface area contributed by atoms with Crippen LogP contribution in [-0.2, 0) is 4.79 Å². The first-order valence-electron chi connectivity index (χ1n) is 6.76. The first-order valence-corrected chi connectivity index (χ1v) is 7.64. The van der Waals surface area contributed by atoms with Crippen LogP contribution in [0.5, 0.6) is 0 Å². The second-order valence-electron chi connectivity index (χ2n) is 5.21. The fourth-order valence-corrected chi connectivity index (χ4v) is 2.85. The van der Waals surface area contributed by atoms with Crippen molar-refractivity contribution in [3.05, 3.63) is 22.4 Å². The predicted octanol–water partition coefficient (Wildman–Crippen LogP) is 1.98. The van der Waals surface area contributed by atoms with Gasteiger partial charge in [0.1, 0.15) is 6.04 Å². The Kier molecular flexibility index (Phi) is 6.48. The van der Waals surface area contributed by atoms with Crippen LogP contribution >= 0.6 is 11.3 Å². The van der Waals surface area contributed by atoms with Crippen LogP contribution in [0.15, 0.2) is 17.5 Å². The summed E-state index contributed by atoms with van der Waals surface area (Å²) in [5.74, 6) is -0.102. The van der Waals surface area contributed by atoms with Gasteiger partial charge in [-0.15, -0.1) is 11.3 Å². The fourth-order valence-electron chi connectivity index (χ4n) is 2.13. The number of carbonyl (C=O) groups excluding carboxylic acids is 1. The second kappa shape index (κ2) is 7.62. The van der Waals surface area contributed by atoms with Gasteiger partial charge in [0.15, 0.2) is 0 Å². The van der Waals surface area contributed by atoms with Crippen LogP contribution in [0.4, 0.5) is 0 Å². The summed E-state index contributed by atoms with van der Waals surface area (Å²) in [6.45, 7) is 10.1. The molecule has 0 aliphatic rings. The lowest BCUT2D eigenvalue weighted by molar-refractivity contribution is -0.122. The highest BCUT2D eigenvalue weighted by atomic mass is 32.1. The Labute approximate surface area is 120 Å². The minimum atomic E-state index is -0.549. The maximum atomic E-state index is 11.9. The summed E-state index contributed by atoms with van der Waals surface area (Å²) in [6, 6.07) is 4.20. The normalized spacial score (nSPS) is 13.3. The van der Waals surface area contributed by atoms with E-state index in [0.717, 1.165) is 11.4 Å². The molecule has 0 radical (unpaired) electrons. The number of carbonyl (C=O) groups is 1. The van der Waals surface area contributed by atoms with Crippen LogP contribution in [0, 0.1) is 0 Å². The number of thiophene rings is 1. The Morgan fingerprint density at radius 3 is 2.47 bits per heavy atom. The smallest absolute Gasteiger partial charge is 0.242 e. The van der Waals surface area contributed by atoms with Crippen LogP contribution in [-0.4, -0.2) is 36.0 Å². The van der Waals surface area contributed by atoms with Crippen molar-refractivity contribution in [2.75, 3.05) is 13.1 Å². The molecule has 0 fully saturated rings. The molecule has 1 amide bonds. The predicted molar refractivity (Wildman–Crippen MR) is 81.2 cm³/mol. The molecule has 0 saturated heterocycles. The molecule has 3 N–H and O–H groups in total. The monoisotopic (exact) mass is 283 g/mol. The van der Waals surface area contributed by atoms with Gasteiger partial charge in [-0.25, -0.2) is 0 Å². The number of hydrogen-bond acceptors (Lipinski definition) is 4. The molecule has 1 aromatic heterocycles. The maximum absolute atomic E-state index is 11.9. The van der Waals surface area contributed by atoms with E-state index >= 15 is 0 Å². The molecule has 4 nitrogen and oxygen atoms in total. The third-order valence-corrected chi connectivity index (χ3v) is 4.08. The number of nitrogens with two attached hydrogens (primary N) is 1. The molecule has 5 heteroatoms. The highest BCUT2D eigenvalue weighted by Crippen LogP contribution is 2.16. The summed E-state index contributed by atoms with van der Waals surface area (Å²) < 4.78 is 0. The van der Waals surface area contributed by atoms with Gasteiger partial charge < -0.3 is 11.1 Å². The molecule has 108 valence electrons. The highest BCUT2D eigenvalue weighted by molar-refractivity contribution is 7.10. The Morgan fingerprint density at radius 2 is 2.00 bits per heavy atom. The summed E-state index contributed by atoms with van der Waals surface area (Å²) in [6.07, 6.45) is 0. The third kappa shape index (κ3) is 4.93. The van der Waals surface area contributed by atoms with Gasteiger partial charge in [-0.05, 0) is 39.1 Å². The fraction of sp³-hybridized carbons (Fsp3) is 0.643. The van der Waals surface area contributed by atoms with Crippen LogP contribution in [0.3, 0.4) is 0 Å². The van der Waals surface area contributed by atoms with Crippen LogP contribution in [0.2, 0.25) is 0 Å². The Morgan fingerprint density at radius 1 is 1.37 bits per heavy atom. The molecular weight excluding hydrogens is 258 g/mol. The first kappa shape index (κ1) is 16.1. The van der Waals surface area contributed by atoms with E-state index in [0.29, 0.717) is 18.6 Å². The van der Waals surface area contributed by atoms with Gasteiger partial charge in [-0.2, -0.15) is 0 Å². The van der Waals surface area contributed by atoms with Crippen molar-refractivity contribution in [2.45, 2.75) is 45.8 Å². The van der Waals surface area contributed by atoms with Crippen molar-refractivity contribution in [3.63, 3.8) is 0 Å². The van der Waals surface area contributed by atoms with E-state index < -0.39 is 6.04 Å². The molecule has 0 aromatic carbocycles. The molecule has 1 aromatic rings. The summed E-state index contributed by atoms with van der Waals surface area (Å²) in [7, 11) is 0. The average Bonchev–Trinajstić information content (AvgIpc) is 2.85. The average molecular weight is 283 g/mol. The molecule has 0 aliphatic heterocycles. The van der Waals surface area contributed by atoms with Crippen molar-refractivity contribution in [1.82, 2.24) is 10.2 Å². The lowest BCUT2D eigenvalue weighted by atomic mass is 10.2. The van der Waals surface area contributed by atoms with E-state index in [1.807, 2.05) is 17.5 Å². The minimum Gasteiger partial charge on any atom is -0.353 e. The molecule has 1 rings (SSSR count). The molecule has 0 bridgehead atoms. The van der Waals surface area contributed by atoms with E-state index in [-0.39, 0.29) is 5.91 Å². The van der Waals surface area contributed by atoms with Crippen LogP contribution < -0.4 is 11.1 Å². The SMILES string of the molecule is CC(C)N(CCNC(=O)C(N)c1cccs1)C(C)C. The minimum absolute atomic E-state index is 0.102. The van der Waals surface area contributed by atoms with Crippen molar-refractivity contribution in [1.29, 1.82) is 0 Å². The van der Waals surface area contributed by atoms with Gasteiger partial charge in [-0.1, -0.05) is 6.07 Å². The van der Waals surface area contributed by atoms with Gasteiger partial charge in [-0.3, -0.25) is 9.69 Å². The summed E-state index contributed by atoms with van der Waals surface area (Å²) >= 11 is 1.51. The molecule has 1 unspecified atom stereocenters. The van der Waals surface area contributed by atoms with Gasteiger partial charge >= 0.3 is 0 Å². The quantitative estimate of drug-likeness (QED) is 0.804. The number of hydrogen-bond donors (Lipinski definition) is 2. The maximum Gasteiger partial charge on any atom is 0.242 e. The van der Waals surface area contributed by atoms with Crippen molar-refractivity contribution < 1.29 is 4.79 Å². The van der Waals surface area contributed by atoms with E-state index in [4.69, 9.17) is 5.73 Å². The topological polar surface area (TPSA) is 58.4 Å². The van der Waals surface area contributed by atoms with Crippen LogP contribution in [0.25, 0.3) is 0 Å². The lowest BCUT2D eigenvalue weighted by Gasteiger charge is -2.30. The largest absolute Gasteiger partial charge is 0.353 e. The zero-order valence-electron chi connectivity index (χ0n) is 12.2.